The Bertz CT molecular complexity index is 1190. The summed E-state index contributed by atoms with van der Waals surface area (Å²) >= 11 is 2.27. The van der Waals surface area contributed by atoms with Crippen LogP contribution in [0.5, 0.6) is 0 Å². The third kappa shape index (κ3) is 7.32. The number of benzene rings is 1. The highest BCUT2D eigenvalue weighted by molar-refractivity contribution is 7.99. The second-order valence-corrected chi connectivity index (χ2v) is 9.82. The van der Waals surface area contributed by atoms with Crippen LogP contribution in [0.3, 0.4) is 0 Å². The summed E-state index contributed by atoms with van der Waals surface area (Å²) in [6.45, 7) is 2.02. The van der Waals surface area contributed by atoms with Crippen LogP contribution in [0.1, 0.15) is 12.6 Å². The van der Waals surface area contributed by atoms with Gasteiger partial charge in [-0.2, -0.15) is 0 Å². The summed E-state index contributed by atoms with van der Waals surface area (Å²) in [6.07, 6.45) is 1.11. The summed E-state index contributed by atoms with van der Waals surface area (Å²) in [4.78, 5) is 27.8. The number of ether oxygens (including phenoxy) is 1. The number of amides is 1. The third-order valence-electron chi connectivity index (χ3n) is 3.60. The van der Waals surface area contributed by atoms with Crippen LogP contribution in [0.25, 0.3) is 11.5 Å². The number of esters is 1. The number of anilines is 2. The van der Waals surface area contributed by atoms with Crippen molar-refractivity contribution in [1.82, 2.24) is 15.2 Å². The van der Waals surface area contributed by atoms with Crippen molar-refractivity contribution in [2.75, 3.05) is 28.7 Å². The molecule has 0 radical (unpaired) electrons. The molecule has 0 aliphatic heterocycles. The van der Waals surface area contributed by atoms with E-state index >= 15 is 0 Å². The predicted octanol–water partition coefficient (Wildman–Crippen LogP) is 2.40. The molecular weight excluding hydrogens is 478 g/mol. The van der Waals surface area contributed by atoms with Crippen molar-refractivity contribution in [3.63, 3.8) is 0 Å². The van der Waals surface area contributed by atoms with Gasteiger partial charge in [-0.05, 0) is 31.2 Å². The van der Waals surface area contributed by atoms with Crippen LogP contribution in [0.15, 0.2) is 39.3 Å². The van der Waals surface area contributed by atoms with Gasteiger partial charge in [0.25, 0.3) is 5.22 Å². The summed E-state index contributed by atoms with van der Waals surface area (Å²) in [5, 5.41) is 12.7. The molecule has 0 unspecified atom stereocenters. The van der Waals surface area contributed by atoms with Gasteiger partial charge in [-0.1, -0.05) is 11.8 Å². The molecule has 0 saturated heterocycles. The maximum atomic E-state index is 12.1. The first kappa shape index (κ1) is 23.7. The lowest BCUT2D eigenvalue weighted by molar-refractivity contribution is -0.142. The highest BCUT2D eigenvalue weighted by atomic mass is 32.2. The zero-order valence-electron chi connectivity index (χ0n) is 17.0. The molecule has 170 valence electrons. The summed E-state index contributed by atoms with van der Waals surface area (Å²) in [5.41, 5.74) is 1.54. The molecular formula is C18H19N5O6S3. The smallest absolute Gasteiger partial charge is 0.311 e. The number of hydrogen-bond donors (Lipinski definition) is 2. The van der Waals surface area contributed by atoms with Crippen LogP contribution >= 0.6 is 23.1 Å². The third-order valence-corrected chi connectivity index (χ3v) is 5.83. The monoisotopic (exact) mass is 497 g/mol. The van der Waals surface area contributed by atoms with Gasteiger partial charge in [0.15, 0.2) is 5.13 Å². The quantitative estimate of drug-likeness (QED) is 0.315. The first-order valence-corrected chi connectivity index (χ1v) is 12.9. The van der Waals surface area contributed by atoms with Crippen molar-refractivity contribution in [2.24, 2.45) is 0 Å². The van der Waals surface area contributed by atoms with E-state index in [1.807, 2.05) is 0 Å². The van der Waals surface area contributed by atoms with E-state index in [0.717, 1.165) is 18.0 Å². The number of thioether (sulfide) groups is 1. The van der Waals surface area contributed by atoms with E-state index < -0.39 is 10.0 Å². The second-order valence-electron chi connectivity index (χ2n) is 6.29. The fourth-order valence-electron chi connectivity index (χ4n) is 2.37. The number of nitrogens with one attached hydrogen (secondary N) is 2. The summed E-state index contributed by atoms with van der Waals surface area (Å²) in [6, 6.07) is 6.42. The maximum Gasteiger partial charge on any atom is 0.311 e. The highest BCUT2D eigenvalue weighted by Crippen LogP contribution is 2.25. The van der Waals surface area contributed by atoms with Crippen LogP contribution in [0.4, 0.5) is 10.8 Å². The Morgan fingerprint density at radius 1 is 1.22 bits per heavy atom. The molecule has 32 heavy (non-hydrogen) atoms. The summed E-state index contributed by atoms with van der Waals surface area (Å²) < 4.78 is 35.3. The Balaban J connectivity index is 1.50. The lowest BCUT2D eigenvalue weighted by atomic mass is 10.2. The minimum Gasteiger partial charge on any atom is -0.466 e. The molecule has 11 nitrogen and oxygen atoms in total. The standard InChI is InChI=1S/C18H19N5O6S3/c1-3-28-15(25)8-13-9-30-17(19-13)20-14(24)10-31-18-22-21-16(29-18)11-4-6-12(7-5-11)23-32(2,26)27/h4-7,9,23H,3,8,10H2,1-2H3,(H,19,20,24). The number of rotatable bonds is 10. The molecule has 2 aromatic heterocycles. The molecule has 0 saturated carbocycles. The molecule has 0 bridgehead atoms. The first-order valence-electron chi connectivity index (χ1n) is 9.16. The average Bonchev–Trinajstić information content (AvgIpc) is 3.35. The zero-order chi connectivity index (χ0) is 23.1. The van der Waals surface area contributed by atoms with Crippen molar-refractivity contribution < 1.29 is 27.2 Å². The van der Waals surface area contributed by atoms with Gasteiger partial charge in [-0.3, -0.25) is 14.3 Å². The number of carbonyl (C=O) groups excluding carboxylic acids is 2. The fraction of sp³-hybridized carbons (Fsp3) is 0.278. The Morgan fingerprint density at radius 3 is 2.66 bits per heavy atom. The van der Waals surface area contributed by atoms with E-state index in [-0.39, 0.29) is 35.2 Å². The van der Waals surface area contributed by atoms with E-state index in [9.17, 15) is 18.0 Å². The maximum absolute atomic E-state index is 12.1. The Hall–Kier alpha value is -2.97. The largest absolute Gasteiger partial charge is 0.466 e. The lowest BCUT2D eigenvalue weighted by Crippen LogP contribution is -2.14. The van der Waals surface area contributed by atoms with Crippen LogP contribution in [0, 0.1) is 0 Å². The minimum atomic E-state index is -3.36. The molecule has 2 N–H and O–H groups in total. The lowest BCUT2D eigenvalue weighted by Gasteiger charge is -2.03. The molecule has 3 aromatic rings. The van der Waals surface area contributed by atoms with Crippen molar-refractivity contribution in [2.45, 2.75) is 18.6 Å². The normalized spacial score (nSPS) is 11.2. The van der Waals surface area contributed by atoms with Crippen molar-refractivity contribution in [3.05, 3.63) is 35.3 Å². The minimum absolute atomic E-state index is 0.0195. The molecule has 0 atom stereocenters. The number of sulfonamides is 1. The van der Waals surface area contributed by atoms with E-state index in [4.69, 9.17) is 9.15 Å². The molecule has 1 aromatic carbocycles. The molecule has 0 fully saturated rings. The predicted molar refractivity (Wildman–Crippen MR) is 120 cm³/mol. The Kier molecular flexibility index (Phi) is 7.82. The number of thiazole rings is 1. The van der Waals surface area contributed by atoms with Crippen LogP contribution in [-0.2, 0) is 30.8 Å². The summed E-state index contributed by atoms with van der Waals surface area (Å²) in [7, 11) is -3.36. The fourth-order valence-corrected chi connectivity index (χ4v) is 4.22. The van der Waals surface area contributed by atoms with Gasteiger partial charge >= 0.3 is 5.97 Å². The zero-order valence-corrected chi connectivity index (χ0v) is 19.5. The van der Waals surface area contributed by atoms with Gasteiger partial charge in [-0.25, -0.2) is 13.4 Å². The summed E-state index contributed by atoms with van der Waals surface area (Å²) in [5.74, 6) is -0.434. The van der Waals surface area contributed by atoms with Gasteiger partial charge in [0.05, 0.1) is 30.7 Å². The van der Waals surface area contributed by atoms with Gasteiger partial charge in [0.1, 0.15) is 0 Å². The molecule has 3 rings (SSSR count). The van der Waals surface area contributed by atoms with Crippen LogP contribution < -0.4 is 10.0 Å². The van der Waals surface area contributed by atoms with Gasteiger partial charge in [0.2, 0.25) is 21.8 Å². The van der Waals surface area contributed by atoms with Gasteiger partial charge in [-0.15, -0.1) is 21.5 Å². The van der Waals surface area contributed by atoms with Crippen molar-refractivity contribution >= 4 is 55.8 Å². The molecule has 14 heteroatoms. The van der Waals surface area contributed by atoms with Crippen LogP contribution in [0.2, 0.25) is 0 Å². The SMILES string of the molecule is CCOC(=O)Cc1csc(NC(=O)CSc2nnc(-c3ccc(NS(C)(=O)=O)cc3)o2)n1. The van der Waals surface area contributed by atoms with E-state index in [1.165, 1.54) is 11.3 Å². The number of hydrogen-bond acceptors (Lipinski definition) is 11. The van der Waals surface area contributed by atoms with Gasteiger partial charge < -0.3 is 14.5 Å². The highest BCUT2D eigenvalue weighted by Gasteiger charge is 2.14. The van der Waals surface area contributed by atoms with Crippen LogP contribution in [-0.4, -0.2) is 54.1 Å². The number of aromatic nitrogens is 3. The number of nitrogens with zero attached hydrogens (tertiary/aromatic N) is 3. The first-order chi connectivity index (χ1) is 15.2. The van der Waals surface area contributed by atoms with Crippen molar-refractivity contribution in [1.29, 1.82) is 0 Å². The Morgan fingerprint density at radius 2 is 1.97 bits per heavy atom. The topological polar surface area (TPSA) is 153 Å². The molecule has 1 amide bonds. The molecule has 2 heterocycles. The van der Waals surface area contributed by atoms with Gasteiger partial charge in [0, 0.05) is 16.6 Å². The number of carbonyl (C=O) groups is 2. The van der Waals surface area contributed by atoms with E-state index in [1.54, 1.807) is 36.6 Å². The molecule has 0 aliphatic carbocycles. The van der Waals surface area contributed by atoms with E-state index in [2.05, 4.69) is 25.2 Å². The second kappa shape index (κ2) is 10.6. The molecule has 0 spiro atoms. The van der Waals surface area contributed by atoms with Crippen molar-refractivity contribution in [3.8, 4) is 11.5 Å². The average molecular weight is 498 g/mol. The molecule has 0 aliphatic rings. The van der Waals surface area contributed by atoms with E-state index in [0.29, 0.717) is 28.7 Å². The Labute approximate surface area is 192 Å².